The maximum atomic E-state index is 12.1. The van der Waals surface area contributed by atoms with Gasteiger partial charge in [0.25, 0.3) is 5.91 Å². The van der Waals surface area contributed by atoms with Crippen molar-refractivity contribution in [3.05, 3.63) is 66.2 Å². The lowest BCUT2D eigenvalue weighted by Gasteiger charge is -2.22. The Morgan fingerprint density at radius 3 is 2.10 bits per heavy atom. The highest BCUT2D eigenvalue weighted by atomic mass is 35.5. The van der Waals surface area contributed by atoms with Gasteiger partial charge in [-0.1, -0.05) is 48.5 Å². The predicted molar refractivity (Wildman–Crippen MR) is 82.9 cm³/mol. The van der Waals surface area contributed by atoms with Crippen LogP contribution in [0.25, 0.3) is 0 Å². The number of carbonyl (C=O) groups excluding carboxylic acids is 2. The number of para-hydroxylation sites is 1. The largest absolute Gasteiger partial charge is 0.273 e. The van der Waals surface area contributed by atoms with Crippen molar-refractivity contribution < 1.29 is 9.59 Å². The first-order chi connectivity index (χ1) is 10.2. The highest BCUT2D eigenvalue weighted by Crippen LogP contribution is 2.12. The van der Waals surface area contributed by atoms with Crippen LogP contribution in [0, 0.1) is 0 Å². The van der Waals surface area contributed by atoms with Gasteiger partial charge < -0.3 is 0 Å². The molecule has 0 bridgehead atoms. The van der Waals surface area contributed by atoms with E-state index >= 15 is 0 Å². The van der Waals surface area contributed by atoms with E-state index in [1.807, 2.05) is 36.4 Å². The lowest BCUT2D eigenvalue weighted by Crippen LogP contribution is -2.47. The topological polar surface area (TPSA) is 49.4 Å². The summed E-state index contributed by atoms with van der Waals surface area (Å²) in [6, 6.07) is 18.2. The molecule has 2 aromatic carbocycles. The molecule has 0 saturated carbocycles. The number of hydrogen-bond acceptors (Lipinski definition) is 2. The average molecular weight is 303 g/mol. The molecule has 2 amide bonds. The first-order valence-corrected chi connectivity index (χ1v) is 7.01. The number of hydrazine groups is 1. The van der Waals surface area contributed by atoms with E-state index in [0.717, 1.165) is 5.56 Å². The Balaban J connectivity index is 2.09. The van der Waals surface area contributed by atoms with Crippen molar-refractivity contribution in [2.75, 3.05) is 10.9 Å². The third-order valence-corrected chi connectivity index (χ3v) is 3.05. The lowest BCUT2D eigenvalue weighted by molar-refractivity contribution is -0.124. The second-order valence-electron chi connectivity index (χ2n) is 4.40. The number of alkyl halides is 1. The maximum Gasteiger partial charge on any atom is 0.260 e. The third-order valence-electron chi connectivity index (χ3n) is 2.82. The Bertz CT molecular complexity index is 602. The van der Waals surface area contributed by atoms with Gasteiger partial charge in [0.05, 0.1) is 12.1 Å². The summed E-state index contributed by atoms with van der Waals surface area (Å²) in [4.78, 5) is 23.9. The summed E-state index contributed by atoms with van der Waals surface area (Å²) in [5.74, 6) is -0.867. The zero-order valence-corrected chi connectivity index (χ0v) is 12.1. The molecule has 0 spiro atoms. The summed E-state index contributed by atoms with van der Waals surface area (Å²) < 4.78 is 0. The highest BCUT2D eigenvalue weighted by Gasteiger charge is 2.17. The van der Waals surface area contributed by atoms with Crippen molar-refractivity contribution in [2.45, 2.75) is 6.42 Å². The standard InChI is InChI=1S/C16H15ClN2O2/c17-12-16(21)19(14-9-5-2-6-10-14)18-15(20)11-13-7-3-1-4-8-13/h1-10H,11-12H2,(H,18,20). The molecule has 0 atom stereocenters. The van der Waals surface area contributed by atoms with Gasteiger partial charge in [0.15, 0.2) is 0 Å². The zero-order chi connectivity index (χ0) is 15.1. The second-order valence-corrected chi connectivity index (χ2v) is 4.66. The van der Waals surface area contributed by atoms with Crippen LogP contribution in [0.3, 0.4) is 0 Å². The quantitative estimate of drug-likeness (QED) is 0.697. The summed E-state index contributed by atoms with van der Waals surface area (Å²) in [7, 11) is 0. The number of halogens is 1. The number of benzene rings is 2. The van der Waals surface area contributed by atoms with Crippen molar-refractivity contribution in [1.29, 1.82) is 0 Å². The molecule has 0 heterocycles. The first kappa shape index (κ1) is 15.1. The second kappa shape index (κ2) is 7.45. The fraction of sp³-hybridized carbons (Fsp3) is 0.125. The molecule has 0 aromatic heterocycles. The number of rotatable bonds is 4. The third kappa shape index (κ3) is 4.33. The minimum atomic E-state index is -0.385. The minimum absolute atomic E-state index is 0.194. The first-order valence-electron chi connectivity index (χ1n) is 6.48. The smallest absolute Gasteiger partial charge is 0.260 e. The summed E-state index contributed by atoms with van der Waals surface area (Å²) >= 11 is 5.60. The molecular weight excluding hydrogens is 288 g/mol. The van der Waals surface area contributed by atoms with Crippen LogP contribution in [0.5, 0.6) is 0 Å². The molecule has 2 aromatic rings. The van der Waals surface area contributed by atoms with Gasteiger partial charge in [0, 0.05) is 0 Å². The molecule has 5 heteroatoms. The Morgan fingerprint density at radius 2 is 1.52 bits per heavy atom. The molecule has 0 unspecified atom stereocenters. The molecule has 0 aliphatic carbocycles. The fourth-order valence-electron chi connectivity index (χ4n) is 1.85. The molecule has 0 radical (unpaired) electrons. The summed E-state index contributed by atoms with van der Waals surface area (Å²) in [5.41, 5.74) is 4.04. The molecule has 4 nitrogen and oxygen atoms in total. The number of hydrogen-bond donors (Lipinski definition) is 1. The van der Waals surface area contributed by atoms with Gasteiger partial charge in [-0.2, -0.15) is 0 Å². The van der Waals surface area contributed by atoms with Crippen molar-refractivity contribution in [3.63, 3.8) is 0 Å². The van der Waals surface area contributed by atoms with Gasteiger partial charge in [-0.25, -0.2) is 5.01 Å². The molecule has 1 N–H and O–H groups in total. The van der Waals surface area contributed by atoms with Crippen molar-refractivity contribution in [2.24, 2.45) is 0 Å². The Kier molecular flexibility index (Phi) is 5.35. The predicted octanol–water partition coefficient (Wildman–Crippen LogP) is 2.53. The van der Waals surface area contributed by atoms with Crippen molar-refractivity contribution in [1.82, 2.24) is 5.43 Å². The van der Waals surface area contributed by atoms with Crippen molar-refractivity contribution >= 4 is 29.1 Å². The van der Waals surface area contributed by atoms with E-state index in [4.69, 9.17) is 11.6 Å². The van der Waals surface area contributed by atoms with Crippen LogP contribution in [0.1, 0.15) is 5.56 Å². The lowest BCUT2D eigenvalue weighted by atomic mass is 10.1. The van der Waals surface area contributed by atoms with Crippen LogP contribution in [0.2, 0.25) is 0 Å². The molecule has 0 fully saturated rings. The normalized spacial score (nSPS) is 9.95. The number of amides is 2. The van der Waals surface area contributed by atoms with Gasteiger partial charge >= 0.3 is 0 Å². The van der Waals surface area contributed by atoms with Crippen LogP contribution in [-0.2, 0) is 16.0 Å². The van der Waals surface area contributed by atoms with E-state index in [1.165, 1.54) is 5.01 Å². The van der Waals surface area contributed by atoms with Gasteiger partial charge in [-0.15, -0.1) is 11.6 Å². The van der Waals surface area contributed by atoms with Gasteiger partial charge in [-0.05, 0) is 17.7 Å². The Hall–Kier alpha value is -2.33. The molecule has 2 rings (SSSR count). The minimum Gasteiger partial charge on any atom is -0.273 e. The Morgan fingerprint density at radius 1 is 0.952 bits per heavy atom. The molecule has 0 aliphatic heterocycles. The SMILES string of the molecule is O=C(Cc1ccccc1)NN(C(=O)CCl)c1ccccc1. The van der Waals surface area contributed by atoms with E-state index in [1.54, 1.807) is 24.3 Å². The zero-order valence-electron chi connectivity index (χ0n) is 11.3. The number of carbonyl (C=O) groups is 2. The number of nitrogens with one attached hydrogen (secondary N) is 1. The van der Waals surface area contributed by atoms with Crippen LogP contribution < -0.4 is 10.4 Å². The molecule has 108 valence electrons. The highest BCUT2D eigenvalue weighted by molar-refractivity contribution is 6.29. The van der Waals surface area contributed by atoms with E-state index in [9.17, 15) is 9.59 Å². The van der Waals surface area contributed by atoms with Gasteiger partial charge in [-0.3, -0.25) is 15.0 Å². The molecular formula is C16H15ClN2O2. The van der Waals surface area contributed by atoms with E-state index < -0.39 is 0 Å². The molecule has 0 saturated heterocycles. The van der Waals surface area contributed by atoms with E-state index in [0.29, 0.717) is 5.69 Å². The van der Waals surface area contributed by atoms with Crippen LogP contribution in [0.15, 0.2) is 60.7 Å². The molecule has 21 heavy (non-hydrogen) atoms. The van der Waals surface area contributed by atoms with Crippen LogP contribution >= 0.6 is 11.6 Å². The maximum absolute atomic E-state index is 12.1. The fourth-order valence-corrected chi connectivity index (χ4v) is 1.97. The Labute approximate surface area is 128 Å². The number of anilines is 1. The van der Waals surface area contributed by atoms with E-state index in [2.05, 4.69) is 5.43 Å². The van der Waals surface area contributed by atoms with Crippen LogP contribution in [0.4, 0.5) is 5.69 Å². The van der Waals surface area contributed by atoms with Crippen LogP contribution in [-0.4, -0.2) is 17.7 Å². The van der Waals surface area contributed by atoms with Gasteiger partial charge in [0.1, 0.15) is 5.88 Å². The summed E-state index contributed by atoms with van der Waals surface area (Å²) in [6.07, 6.45) is 0.194. The average Bonchev–Trinajstić information content (AvgIpc) is 2.53. The number of nitrogens with zero attached hydrogens (tertiary/aromatic N) is 1. The summed E-state index contributed by atoms with van der Waals surface area (Å²) in [5, 5.41) is 1.18. The monoisotopic (exact) mass is 302 g/mol. The summed E-state index contributed by atoms with van der Waals surface area (Å²) in [6.45, 7) is 0. The van der Waals surface area contributed by atoms with E-state index in [-0.39, 0.29) is 24.1 Å². The molecule has 0 aliphatic rings. The van der Waals surface area contributed by atoms with Crippen molar-refractivity contribution in [3.8, 4) is 0 Å². The van der Waals surface area contributed by atoms with Gasteiger partial charge in [0.2, 0.25) is 5.91 Å².